The third kappa shape index (κ3) is 4.39. The number of hydrogen-bond donors (Lipinski definition) is 1. The molecule has 5 nitrogen and oxygen atoms in total. The lowest BCUT2D eigenvalue weighted by Gasteiger charge is -2.43. The van der Waals surface area contributed by atoms with Gasteiger partial charge in [0.2, 0.25) is 0 Å². The summed E-state index contributed by atoms with van der Waals surface area (Å²) in [6, 6.07) is 6.92. The van der Waals surface area contributed by atoms with Crippen molar-refractivity contribution in [1.29, 1.82) is 0 Å². The maximum Gasteiger partial charge on any atom is 0.256 e. The van der Waals surface area contributed by atoms with Gasteiger partial charge in [0.05, 0.1) is 0 Å². The Morgan fingerprint density at radius 1 is 1.00 bits per heavy atom. The topological polar surface area (TPSA) is 47.0 Å². The van der Waals surface area contributed by atoms with Crippen LogP contribution in [0.4, 0.5) is 4.39 Å². The van der Waals surface area contributed by atoms with Crippen molar-refractivity contribution in [2.75, 3.05) is 39.3 Å². The van der Waals surface area contributed by atoms with Crippen LogP contribution in [0.2, 0.25) is 0 Å². The number of halogens is 1. The van der Waals surface area contributed by atoms with Crippen molar-refractivity contribution in [1.82, 2.24) is 14.7 Å². The van der Waals surface area contributed by atoms with E-state index in [4.69, 9.17) is 0 Å². The summed E-state index contributed by atoms with van der Waals surface area (Å²) in [6.45, 7) is 5.87. The van der Waals surface area contributed by atoms with Crippen LogP contribution >= 0.6 is 0 Å². The Bertz CT molecular complexity index is 669. The molecular weight excluding hydrogens is 357 g/mol. The third-order valence-corrected chi connectivity index (χ3v) is 6.69. The zero-order chi connectivity index (χ0) is 19.6. The fourth-order valence-corrected chi connectivity index (χ4v) is 5.09. The van der Waals surface area contributed by atoms with Crippen LogP contribution in [-0.2, 0) is 11.3 Å². The Labute approximate surface area is 167 Å². The van der Waals surface area contributed by atoms with E-state index in [2.05, 4.69) is 9.80 Å². The average Bonchev–Trinajstić information content (AvgIpc) is 3.23. The molecule has 3 saturated heterocycles. The Hall–Kier alpha value is -1.50. The quantitative estimate of drug-likeness (QED) is 0.839. The van der Waals surface area contributed by atoms with E-state index in [0.717, 1.165) is 37.9 Å². The summed E-state index contributed by atoms with van der Waals surface area (Å²) in [5.74, 6) is -0.452. The second-order valence-electron chi connectivity index (χ2n) is 8.74. The first-order valence-corrected chi connectivity index (χ1v) is 10.8. The average molecular weight is 390 g/mol. The molecule has 154 valence electrons. The van der Waals surface area contributed by atoms with Crippen LogP contribution in [0.25, 0.3) is 0 Å². The van der Waals surface area contributed by atoms with Crippen molar-refractivity contribution < 1.29 is 14.3 Å². The monoisotopic (exact) mass is 389 g/mol. The first-order valence-electron chi connectivity index (χ1n) is 10.8. The molecule has 1 amide bonds. The van der Waals surface area contributed by atoms with Crippen molar-refractivity contribution in [2.45, 2.75) is 56.7 Å². The Balaban J connectivity index is 1.33. The van der Waals surface area contributed by atoms with E-state index < -0.39 is 5.60 Å². The number of piperidine rings is 2. The number of β-amino-alcohol motifs (C(OH)–C–C–N with tert-alkyl or cyclic N) is 1. The molecule has 1 unspecified atom stereocenters. The van der Waals surface area contributed by atoms with E-state index >= 15 is 0 Å². The highest BCUT2D eigenvalue weighted by atomic mass is 19.1. The maximum absolute atomic E-state index is 13.1. The molecule has 1 atom stereocenters. The van der Waals surface area contributed by atoms with Crippen molar-refractivity contribution >= 4 is 5.91 Å². The van der Waals surface area contributed by atoms with Gasteiger partial charge in [-0.15, -0.1) is 0 Å². The van der Waals surface area contributed by atoms with Crippen LogP contribution < -0.4 is 0 Å². The highest BCUT2D eigenvalue weighted by Gasteiger charge is 2.43. The van der Waals surface area contributed by atoms with E-state index in [0.29, 0.717) is 32.1 Å². The Morgan fingerprint density at radius 2 is 1.68 bits per heavy atom. The van der Waals surface area contributed by atoms with Crippen molar-refractivity contribution in [3.63, 3.8) is 0 Å². The number of hydrogen-bond acceptors (Lipinski definition) is 4. The molecule has 0 saturated carbocycles. The van der Waals surface area contributed by atoms with Gasteiger partial charge in [0.1, 0.15) is 5.82 Å². The number of nitrogens with zero attached hydrogens (tertiary/aromatic N) is 3. The minimum Gasteiger partial charge on any atom is -0.379 e. The summed E-state index contributed by atoms with van der Waals surface area (Å²) in [5.41, 5.74) is -0.399. The van der Waals surface area contributed by atoms with Gasteiger partial charge in [-0.05, 0) is 82.4 Å². The normalized spacial score (nSPS) is 28.2. The zero-order valence-electron chi connectivity index (χ0n) is 16.7. The number of amides is 1. The number of rotatable bonds is 5. The van der Waals surface area contributed by atoms with Crippen molar-refractivity contribution in [2.24, 2.45) is 0 Å². The maximum atomic E-state index is 13.1. The second kappa shape index (κ2) is 8.47. The Morgan fingerprint density at radius 3 is 2.36 bits per heavy atom. The molecule has 3 heterocycles. The van der Waals surface area contributed by atoms with Gasteiger partial charge in [-0.2, -0.15) is 0 Å². The van der Waals surface area contributed by atoms with Crippen molar-refractivity contribution in [3.8, 4) is 0 Å². The molecule has 0 aliphatic carbocycles. The number of carbonyl (C=O) groups is 1. The van der Waals surface area contributed by atoms with Crippen molar-refractivity contribution in [3.05, 3.63) is 35.6 Å². The van der Waals surface area contributed by atoms with E-state index in [1.807, 2.05) is 0 Å². The molecule has 1 aromatic carbocycles. The predicted molar refractivity (Wildman–Crippen MR) is 106 cm³/mol. The van der Waals surface area contributed by atoms with Crippen LogP contribution in [0, 0.1) is 5.82 Å². The van der Waals surface area contributed by atoms with Gasteiger partial charge >= 0.3 is 0 Å². The van der Waals surface area contributed by atoms with E-state index in [-0.39, 0.29) is 11.7 Å². The summed E-state index contributed by atoms with van der Waals surface area (Å²) in [7, 11) is 0. The molecule has 1 aromatic rings. The molecule has 3 fully saturated rings. The number of carbonyl (C=O) groups excluding carboxylic acids is 1. The lowest BCUT2D eigenvalue weighted by molar-refractivity contribution is -0.160. The molecule has 28 heavy (non-hydrogen) atoms. The molecular formula is C22H32FN3O2. The fraction of sp³-hybridized carbons (Fsp3) is 0.682. The highest BCUT2D eigenvalue weighted by molar-refractivity contribution is 5.86. The van der Waals surface area contributed by atoms with Crippen LogP contribution in [0.5, 0.6) is 0 Å². The first kappa shape index (κ1) is 19.8. The predicted octanol–water partition coefficient (Wildman–Crippen LogP) is 2.24. The lowest BCUT2D eigenvalue weighted by atomic mass is 9.89. The van der Waals surface area contributed by atoms with Gasteiger partial charge in [0, 0.05) is 25.7 Å². The Kier molecular flexibility index (Phi) is 5.99. The molecule has 4 rings (SSSR count). The molecule has 0 spiro atoms. The molecule has 0 aromatic heterocycles. The summed E-state index contributed by atoms with van der Waals surface area (Å²) in [6.07, 6.45) is 6.22. The highest BCUT2D eigenvalue weighted by Crippen LogP contribution is 2.28. The van der Waals surface area contributed by atoms with Crippen LogP contribution in [0.1, 0.15) is 44.1 Å². The van der Waals surface area contributed by atoms with Crippen LogP contribution in [0.3, 0.4) is 0 Å². The first-order chi connectivity index (χ1) is 13.5. The molecule has 0 bridgehead atoms. The van der Waals surface area contributed by atoms with Gasteiger partial charge in [-0.3, -0.25) is 9.69 Å². The van der Waals surface area contributed by atoms with E-state index in [9.17, 15) is 14.3 Å². The smallest absolute Gasteiger partial charge is 0.256 e. The van der Waals surface area contributed by atoms with Gasteiger partial charge in [-0.1, -0.05) is 12.1 Å². The summed E-state index contributed by atoms with van der Waals surface area (Å²) >= 11 is 0. The lowest BCUT2D eigenvalue weighted by Crippen LogP contribution is -2.59. The number of aliphatic hydroxyl groups is 1. The summed E-state index contributed by atoms with van der Waals surface area (Å²) in [5, 5.41) is 11.2. The minimum absolute atomic E-state index is 0.176. The third-order valence-electron chi connectivity index (χ3n) is 6.69. The largest absolute Gasteiger partial charge is 0.379 e. The molecule has 1 N–H and O–H groups in total. The second-order valence-corrected chi connectivity index (χ2v) is 8.74. The fourth-order valence-electron chi connectivity index (χ4n) is 5.09. The van der Waals surface area contributed by atoms with Gasteiger partial charge in [-0.25, -0.2) is 4.39 Å². The molecule has 3 aliphatic heterocycles. The summed E-state index contributed by atoms with van der Waals surface area (Å²) < 4.78 is 13.1. The molecule has 6 heteroatoms. The summed E-state index contributed by atoms with van der Waals surface area (Å²) in [4.78, 5) is 19.6. The van der Waals surface area contributed by atoms with E-state index in [1.54, 1.807) is 17.0 Å². The van der Waals surface area contributed by atoms with Gasteiger partial charge in [0.25, 0.3) is 5.91 Å². The van der Waals surface area contributed by atoms with Crippen LogP contribution in [0.15, 0.2) is 24.3 Å². The number of benzene rings is 1. The van der Waals surface area contributed by atoms with Gasteiger partial charge < -0.3 is 14.9 Å². The number of likely N-dealkylation sites (tertiary alicyclic amines) is 3. The van der Waals surface area contributed by atoms with Gasteiger partial charge in [0.15, 0.2) is 5.60 Å². The van der Waals surface area contributed by atoms with Crippen LogP contribution in [-0.4, -0.2) is 76.6 Å². The zero-order valence-corrected chi connectivity index (χ0v) is 16.7. The van der Waals surface area contributed by atoms with E-state index in [1.165, 1.54) is 38.1 Å². The SMILES string of the molecule is O=C1N(Cc2ccc(F)cc2)CCCC1(O)CN1CCC(N2CCCC2)CC1. The molecule has 3 aliphatic rings. The standard InChI is InChI=1S/C22H32FN3O2/c23-19-6-4-18(5-7-19)16-26-13-3-10-22(28,21(26)27)17-24-14-8-20(9-15-24)25-11-1-2-12-25/h4-7,20,28H,1-3,8-17H2. The minimum atomic E-state index is -1.29. The molecule has 0 radical (unpaired) electrons.